The molecular weight excluding hydrogens is 355 g/mol. The molecule has 1 aliphatic rings. The van der Waals surface area contributed by atoms with E-state index in [4.69, 9.17) is 4.42 Å². The smallest absolute Gasteiger partial charge is 0.287 e. The van der Waals surface area contributed by atoms with Crippen LogP contribution in [0.2, 0.25) is 0 Å². The van der Waals surface area contributed by atoms with Gasteiger partial charge in [-0.25, -0.2) is 4.39 Å². The Labute approximate surface area is 164 Å². The molecule has 1 aromatic heterocycles. The number of nitrogens with zero attached hydrogens (tertiary/aromatic N) is 1. The fraction of sp³-hybridized carbons (Fsp3) is 0.261. The van der Waals surface area contributed by atoms with Crippen molar-refractivity contribution >= 4 is 5.91 Å². The summed E-state index contributed by atoms with van der Waals surface area (Å²) in [5, 5.41) is 3.07. The number of halogens is 1. The summed E-state index contributed by atoms with van der Waals surface area (Å²) in [6.07, 6.45) is 1.84. The Morgan fingerprint density at radius 1 is 1.00 bits per heavy atom. The van der Waals surface area contributed by atoms with E-state index < -0.39 is 0 Å². The molecule has 4 rings (SSSR count). The molecule has 1 fully saturated rings. The van der Waals surface area contributed by atoms with E-state index in [1.807, 2.05) is 6.07 Å². The molecule has 3 aromatic rings. The molecule has 1 aliphatic heterocycles. The molecule has 1 saturated heterocycles. The Hall–Kier alpha value is -2.92. The minimum absolute atomic E-state index is 0.152. The summed E-state index contributed by atoms with van der Waals surface area (Å²) in [5.74, 6) is 0.343. The van der Waals surface area contributed by atoms with Crippen LogP contribution in [-0.2, 0) is 6.54 Å². The fourth-order valence-corrected chi connectivity index (χ4v) is 3.56. The lowest BCUT2D eigenvalue weighted by Crippen LogP contribution is -2.44. The van der Waals surface area contributed by atoms with Gasteiger partial charge in [-0.2, -0.15) is 0 Å². The first-order valence-corrected chi connectivity index (χ1v) is 9.60. The summed E-state index contributed by atoms with van der Waals surface area (Å²) in [6, 6.07) is 20.0. The van der Waals surface area contributed by atoms with Crippen molar-refractivity contribution in [2.75, 3.05) is 13.1 Å². The summed E-state index contributed by atoms with van der Waals surface area (Å²) in [7, 11) is 0. The van der Waals surface area contributed by atoms with E-state index >= 15 is 0 Å². The van der Waals surface area contributed by atoms with Gasteiger partial charge in [-0.1, -0.05) is 30.3 Å². The largest absolute Gasteiger partial charge is 0.451 e. The molecule has 1 N–H and O–H groups in total. The highest BCUT2D eigenvalue weighted by Crippen LogP contribution is 2.23. The van der Waals surface area contributed by atoms with Crippen LogP contribution in [-0.4, -0.2) is 29.9 Å². The number of carbonyl (C=O) groups excluding carboxylic acids is 1. The molecule has 0 atom stereocenters. The van der Waals surface area contributed by atoms with Gasteiger partial charge in [0, 0.05) is 31.2 Å². The van der Waals surface area contributed by atoms with Crippen LogP contribution in [0, 0.1) is 5.82 Å². The van der Waals surface area contributed by atoms with Crippen LogP contribution < -0.4 is 5.32 Å². The van der Waals surface area contributed by atoms with Gasteiger partial charge < -0.3 is 9.73 Å². The maximum absolute atomic E-state index is 13.0. The first-order valence-electron chi connectivity index (χ1n) is 9.60. The topological polar surface area (TPSA) is 45.5 Å². The molecule has 0 aliphatic carbocycles. The second-order valence-corrected chi connectivity index (χ2v) is 7.18. The number of rotatable bonds is 5. The first-order chi connectivity index (χ1) is 13.7. The SMILES string of the molecule is O=C(NC1CCN(Cc2ccccc2)CC1)c1ccc(-c2ccc(F)cc2)o1. The molecule has 0 spiro atoms. The van der Waals surface area contributed by atoms with Gasteiger partial charge in [0.25, 0.3) is 5.91 Å². The third kappa shape index (κ3) is 4.49. The van der Waals surface area contributed by atoms with Crippen molar-refractivity contribution in [3.05, 3.63) is 83.9 Å². The average molecular weight is 378 g/mol. The van der Waals surface area contributed by atoms with Crippen LogP contribution in [0.15, 0.2) is 71.1 Å². The van der Waals surface area contributed by atoms with E-state index in [-0.39, 0.29) is 23.5 Å². The number of furan rings is 1. The van der Waals surface area contributed by atoms with Crippen molar-refractivity contribution in [3.63, 3.8) is 0 Å². The van der Waals surface area contributed by atoms with Crippen molar-refractivity contribution < 1.29 is 13.6 Å². The Morgan fingerprint density at radius 3 is 2.43 bits per heavy atom. The normalized spacial score (nSPS) is 15.5. The van der Waals surface area contributed by atoms with Crippen molar-refractivity contribution in [2.45, 2.75) is 25.4 Å². The van der Waals surface area contributed by atoms with Crippen LogP contribution >= 0.6 is 0 Å². The van der Waals surface area contributed by atoms with Gasteiger partial charge in [-0.15, -0.1) is 0 Å². The monoisotopic (exact) mass is 378 g/mol. The number of hydrogen-bond donors (Lipinski definition) is 1. The molecule has 0 saturated carbocycles. The molecule has 0 bridgehead atoms. The molecule has 1 amide bonds. The summed E-state index contributed by atoms with van der Waals surface area (Å²) < 4.78 is 18.7. The Kier molecular flexibility index (Phi) is 5.53. The predicted octanol–water partition coefficient (Wildman–Crippen LogP) is 4.48. The van der Waals surface area contributed by atoms with E-state index in [1.165, 1.54) is 17.7 Å². The number of hydrogen-bond acceptors (Lipinski definition) is 3. The van der Waals surface area contributed by atoms with Gasteiger partial charge in [0.1, 0.15) is 11.6 Å². The zero-order valence-corrected chi connectivity index (χ0v) is 15.6. The fourth-order valence-electron chi connectivity index (χ4n) is 3.56. The molecule has 144 valence electrons. The minimum Gasteiger partial charge on any atom is -0.451 e. The van der Waals surface area contributed by atoms with E-state index in [0.29, 0.717) is 5.76 Å². The van der Waals surface area contributed by atoms with Crippen molar-refractivity contribution in [3.8, 4) is 11.3 Å². The van der Waals surface area contributed by atoms with Gasteiger partial charge in [0.15, 0.2) is 5.76 Å². The molecule has 2 aromatic carbocycles. The lowest BCUT2D eigenvalue weighted by atomic mass is 10.0. The van der Waals surface area contributed by atoms with E-state index in [9.17, 15) is 9.18 Å². The van der Waals surface area contributed by atoms with Crippen molar-refractivity contribution in [2.24, 2.45) is 0 Å². The zero-order chi connectivity index (χ0) is 19.3. The van der Waals surface area contributed by atoms with Gasteiger partial charge >= 0.3 is 0 Å². The van der Waals surface area contributed by atoms with Gasteiger partial charge in [-0.3, -0.25) is 9.69 Å². The summed E-state index contributed by atoms with van der Waals surface area (Å²) in [6.45, 7) is 2.86. The third-order valence-corrected chi connectivity index (χ3v) is 5.13. The van der Waals surface area contributed by atoms with Crippen LogP contribution in [0.1, 0.15) is 29.0 Å². The number of piperidine rings is 1. The first kappa shape index (κ1) is 18.4. The van der Waals surface area contributed by atoms with Crippen LogP contribution in [0.4, 0.5) is 4.39 Å². The molecule has 2 heterocycles. The maximum Gasteiger partial charge on any atom is 0.287 e. The van der Waals surface area contributed by atoms with Crippen LogP contribution in [0.3, 0.4) is 0 Å². The Balaban J connectivity index is 1.29. The van der Waals surface area contributed by atoms with Gasteiger partial charge in [-0.05, 0) is 54.8 Å². The number of nitrogens with one attached hydrogen (secondary N) is 1. The zero-order valence-electron chi connectivity index (χ0n) is 15.6. The lowest BCUT2D eigenvalue weighted by molar-refractivity contribution is 0.0882. The molecule has 4 nitrogen and oxygen atoms in total. The molecule has 5 heteroatoms. The second-order valence-electron chi connectivity index (χ2n) is 7.18. The van der Waals surface area contributed by atoms with Crippen molar-refractivity contribution in [1.29, 1.82) is 0 Å². The number of amides is 1. The standard InChI is InChI=1S/C23H23FN2O2/c24-19-8-6-18(7-9-19)21-10-11-22(28-21)23(27)25-20-12-14-26(15-13-20)16-17-4-2-1-3-5-17/h1-11,20H,12-16H2,(H,25,27). The molecule has 0 radical (unpaired) electrons. The van der Waals surface area contributed by atoms with E-state index in [2.05, 4.69) is 34.5 Å². The summed E-state index contributed by atoms with van der Waals surface area (Å²) in [4.78, 5) is 14.9. The predicted molar refractivity (Wildman–Crippen MR) is 106 cm³/mol. The Morgan fingerprint density at radius 2 is 1.71 bits per heavy atom. The minimum atomic E-state index is -0.299. The highest BCUT2D eigenvalue weighted by Gasteiger charge is 2.22. The van der Waals surface area contributed by atoms with Gasteiger partial charge in [0.2, 0.25) is 0 Å². The third-order valence-electron chi connectivity index (χ3n) is 5.13. The van der Waals surface area contributed by atoms with Gasteiger partial charge in [0.05, 0.1) is 0 Å². The van der Waals surface area contributed by atoms with Crippen molar-refractivity contribution in [1.82, 2.24) is 10.2 Å². The molecule has 0 unspecified atom stereocenters. The number of carbonyl (C=O) groups is 1. The Bertz CT molecular complexity index is 913. The van der Waals surface area contributed by atoms with Crippen LogP contribution in [0.25, 0.3) is 11.3 Å². The summed E-state index contributed by atoms with van der Waals surface area (Å²) in [5.41, 5.74) is 2.06. The number of benzene rings is 2. The summed E-state index contributed by atoms with van der Waals surface area (Å²) >= 11 is 0. The highest BCUT2D eigenvalue weighted by molar-refractivity contribution is 5.92. The lowest BCUT2D eigenvalue weighted by Gasteiger charge is -2.32. The van der Waals surface area contributed by atoms with E-state index in [1.54, 1.807) is 24.3 Å². The molecule has 28 heavy (non-hydrogen) atoms. The maximum atomic E-state index is 13.0. The average Bonchev–Trinajstić information content (AvgIpc) is 3.21. The second kappa shape index (κ2) is 8.40. The van der Waals surface area contributed by atoms with Crippen LogP contribution in [0.5, 0.6) is 0 Å². The molecular formula is C23H23FN2O2. The highest BCUT2D eigenvalue weighted by atomic mass is 19.1. The quantitative estimate of drug-likeness (QED) is 0.712. The number of likely N-dealkylation sites (tertiary alicyclic amines) is 1. The van der Waals surface area contributed by atoms with E-state index in [0.717, 1.165) is 38.0 Å².